The Balaban J connectivity index is 1.73. The van der Waals surface area contributed by atoms with Crippen LogP contribution in [0.15, 0.2) is 30.6 Å². The van der Waals surface area contributed by atoms with E-state index in [1.165, 1.54) is 6.07 Å². The van der Waals surface area contributed by atoms with Gasteiger partial charge in [0, 0.05) is 19.2 Å². The number of benzene rings is 1. The number of anilines is 1. The number of rotatable bonds is 6. The minimum atomic E-state index is -1.90. The number of hydrogen-bond donors (Lipinski definition) is 3. The summed E-state index contributed by atoms with van der Waals surface area (Å²) in [5, 5.41) is 20.6. The summed E-state index contributed by atoms with van der Waals surface area (Å²) >= 11 is 0. The van der Waals surface area contributed by atoms with E-state index in [4.69, 9.17) is 14.9 Å². The van der Waals surface area contributed by atoms with E-state index in [-0.39, 0.29) is 29.0 Å². The molecule has 11 heteroatoms. The Hall–Kier alpha value is -3.76. The summed E-state index contributed by atoms with van der Waals surface area (Å²) in [6.45, 7) is 1.32. The summed E-state index contributed by atoms with van der Waals surface area (Å²) in [5.41, 5.74) is -0.240. The van der Waals surface area contributed by atoms with Crippen molar-refractivity contribution >= 4 is 23.8 Å². The van der Waals surface area contributed by atoms with Gasteiger partial charge in [0.2, 0.25) is 5.88 Å². The molecule has 2 aromatic rings. The molecule has 10 nitrogen and oxygen atoms in total. The number of carbonyl (C=O) groups excluding carboxylic acids is 1. The van der Waals surface area contributed by atoms with Gasteiger partial charge in [-0.1, -0.05) is 6.07 Å². The van der Waals surface area contributed by atoms with E-state index in [0.717, 1.165) is 37.4 Å². The van der Waals surface area contributed by atoms with Crippen LogP contribution in [0.4, 0.5) is 15.0 Å². The fourth-order valence-electron chi connectivity index (χ4n) is 2.86. The third-order valence-corrected chi connectivity index (χ3v) is 4.27. The van der Waals surface area contributed by atoms with Crippen molar-refractivity contribution in [2.75, 3.05) is 18.4 Å². The number of nitrogens with zero attached hydrogens (tertiary/aromatic N) is 3. The first-order valence-corrected chi connectivity index (χ1v) is 8.66. The summed E-state index contributed by atoms with van der Waals surface area (Å²) in [4.78, 5) is 43.6. The Bertz CT molecular complexity index is 934. The highest BCUT2D eigenvalue weighted by molar-refractivity contribution is 5.99. The van der Waals surface area contributed by atoms with Gasteiger partial charge < -0.3 is 19.8 Å². The Morgan fingerprint density at radius 1 is 1.10 bits per heavy atom. The van der Waals surface area contributed by atoms with Crippen LogP contribution in [0.3, 0.4) is 0 Å². The molecule has 1 aliphatic rings. The van der Waals surface area contributed by atoms with Crippen LogP contribution in [-0.4, -0.2) is 56.1 Å². The Labute approximate surface area is 164 Å². The van der Waals surface area contributed by atoms with E-state index in [1.54, 1.807) is 4.90 Å². The maximum absolute atomic E-state index is 14.3. The van der Waals surface area contributed by atoms with E-state index in [2.05, 4.69) is 15.3 Å². The number of halogens is 1. The van der Waals surface area contributed by atoms with Gasteiger partial charge >= 0.3 is 18.0 Å². The second kappa shape index (κ2) is 8.50. The number of hydrogen-bond acceptors (Lipinski definition) is 6. The standard InChI is InChI=1S/C18H17FN4O6/c19-11-7-10(15(16(24)25)17(26)27)3-4-12(11)29-14-8-13(20-9-21-14)22-18(28)23-5-1-2-6-23/h3-4,7-9,15H,1-2,5-6H2,(H,24,25)(H,26,27)(H,20,21,22,28). The van der Waals surface area contributed by atoms with E-state index in [9.17, 15) is 18.8 Å². The van der Waals surface area contributed by atoms with Gasteiger partial charge in [-0.15, -0.1) is 0 Å². The number of ether oxygens (including phenoxy) is 1. The van der Waals surface area contributed by atoms with Gasteiger partial charge in [0.05, 0.1) is 0 Å². The van der Waals surface area contributed by atoms with Gasteiger partial charge in [0.25, 0.3) is 0 Å². The van der Waals surface area contributed by atoms with E-state index < -0.39 is 23.7 Å². The highest BCUT2D eigenvalue weighted by atomic mass is 19.1. The van der Waals surface area contributed by atoms with Gasteiger partial charge in [-0.25, -0.2) is 19.2 Å². The topological polar surface area (TPSA) is 142 Å². The first kappa shape index (κ1) is 20.0. The maximum Gasteiger partial charge on any atom is 0.323 e. The van der Waals surface area contributed by atoms with Crippen molar-refractivity contribution in [1.82, 2.24) is 14.9 Å². The lowest BCUT2D eigenvalue weighted by atomic mass is 9.99. The van der Waals surface area contributed by atoms with Gasteiger partial charge in [-0.2, -0.15) is 0 Å². The molecule has 0 radical (unpaired) electrons. The molecular weight excluding hydrogens is 387 g/mol. The Morgan fingerprint density at radius 2 is 1.79 bits per heavy atom. The van der Waals surface area contributed by atoms with Crippen molar-refractivity contribution in [1.29, 1.82) is 0 Å². The fraction of sp³-hybridized carbons (Fsp3) is 0.278. The zero-order chi connectivity index (χ0) is 21.0. The highest BCUT2D eigenvalue weighted by Gasteiger charge is 2.28. The van der Waals surface area contributed by atoms with Crippen molar-refractivity contribution in [3.8, 4) is 11.6 Å². The highest BCUT2D eigenvalue weighted by Crippen LogP contribution is 2.28. The molecule has 1 aromatic carbocycles. The molecule has 0 unspecified atom stereocenters. The van der Waals surface area contributed by atoms with Gasteiger partial charge in [0.1, 0.15) is 12.1 Å². The number of carbonyl (C=O) groups is 3. The summed E-state index contributed by atoms with van der Waals surface area (Å²) in [5.74, 6) is -6.27. The molecule has 1 aromatic heterocycles. The van der Waals surface area contributed by atoms with Crippen molar-refractivity contribution < 1.29 is 33.7 Å². The van der Waals surface area contributed by atoms with E-state index in [1.807, 2.05) is 0 Å². The molecule has 29 heavy (non-hydrogen) atoms. The zero-order valence-corrected chi connectivity index (χ0v) is 15.0. The van der Waals surface area contributed by atoms with Crippen molar-refractivity contribution in [2.45, 2.75) is 18.8 Å². The molecule has 152 valence electrons. The number of urea groups is 1. The Kier molecular flexibility index (Phi) is 5.86. The van der Waals surface area contributed by atoms with Gasteiger partial charge in [-0.05, 0) is 30.5 Å². The molecule has 0 bridgehead atoms. The molecular formula is C18H17FN4O6. The van der Waals surface area contributed by atoms with E-state index >= 15 is 0 Å². The van der Waals surface area contributed by atoms with Crippen LogP contribution in [0.2, 0.25) is 0 Å². The Morgan fingerprint density at radius 3 is 2.41 bits per heavy atom. The van der Waals surface area contributed by atoms with Gasteiger partial charge in [0.15, 0.2) is 17.5 Å². The second-order valence-corrected chi connectivity index (χ2v) is 6.27. The van der Waals surface area contributed by atoms with Crippen LogP contribution >= 0.6 is 0 Å². The predicted octanol–water partition coefficient (Wildman–Crippen LogP) is 2.29. The maximum atomic E-state index is 14.3. The van der Waals surface area contributed by atoms with Crippen molar-refractivity contribution in [3.05, 3.63) is 42.0 Å². The minimum absolute atomic E-state index is 0.0589. The molecule has 1 fully saturated rings. The summed E-state index contributed by atoms with van der Waals surface area (Å²) in [7, 11) is 0. The number of aliphatic carboxylic acids is 2. The average molecular weight is 404 g/mol. The summed E-state index contributed by atoms with van der Waals surface area (Å²) in [6, 6.07) is 4.02. The first-order valence-electron chi connectivity index (χ1n) is 8.66. The minimum Gasteiger partial charge on any atom is -0.480 e. The molecule has 3 rings (SSSR count). The first-order chi connectivity index (χ1) is 13.8. The number of likely N-dealkylation sites (tertiary alicyclic amines) is 1. The van der Waals surface area contributed by atoms with Crippen LogP contribution in [0.1, 0.15) is 24.3 Å². The molecule has 1 aliphatic heterocycles. The number of nitrogens with one attached hydrogen (secondary N) is 1. The number of aromatic nitrogens is 2. The third kappa shape index (κ3) is 4.75. The smallest absolute Gasteiger partial charge is 0.323 e. The molecule has 1 saturated heterocycles. The molecule has 0 saturated carbocycles. The monoisotopic (exact) mass is 404 g/mol. The van der Waals surface area contributed by atoms with Crippen LogP contribution in [0.25, 0.3) is 0 Å². The normalized spacial score (nSPS) is 13.4. The van der Waals surface area contributed by atoms with Gasteiger partial charge in [-0.3, -0.25) is 14.9 Å². The fourth-order valence-corrected chi connectivity index (χ4v) is 2.86. The van der Waals surface area contributed by atoms with Crippen LogP contribution in [0.5, 0.6) is 11.6 Å². The second-order valence-electron chi connectivity index (χ2n) is 6.27. The number of carboxylic acid groups (broad SMARTS) is 2. The average Bonchev–Trinajstić information content (AvgIpc) is 3.18. The van der Waals surface area contributed by atoms with Crippen LogP contribution < -0.4 is 10.1 Å². The molecule has 0 atom stereocenters. The van der Waals surface area contributed by atoms with Crippen molar-refractivity contribution in [3.63, 3.8) is 0 Å². The van der Waals surface area contributed by atoms with Crippen molar-refractivity contribution in [2.24, 2.45) is 0 Å². The number of carboxylic acids is 2. The predicted molar refractivity (Wildman–Crippen MR) is 96.3 cm³/mol. The summed E-state index contributed by atoms with van der Waals surface area (Å²) < 4.78 is 19.6. The number of amides is 2. The molecule has 2 amide bonds. The SMILES string of the molecule is O=C(O)C(C(=O)O)c1ccc(Oc2cc(NC(=O)N3CCCC3)ncn2)c(F)c1. The molecule has 0 aliphatic carbocycles. The van der Waals surface area contributed by atoms with Crippen LogP contribution in [0, 0.1) is 5.82 Å². The van der Waals surface area contributed by atoms with E-state index in [0.29, 0.717) is 13.1 Å². The third-order valence-electron chi connectivity index (χ3n) is 4.27. The zero-order valence-electron chi connectivity index (χ0n) is 15.0. The lowest BCUT2D eigenvalue weighted by molar-refractivity contribution is -0.150. The largest absolute Gasteiger partial charge is 0.480 e. The molecule has 3 N–H and O–H groups in total. The lowest BCUT2D eigenvalue weighted by Crippen LogP contribution is -2.32. The molecule has 0 spiro atoms. The quantitative estimate of drug-likeness (QED) is 0.623. The lowest BCUT2D eigenvalue weighted by Gasteiger charge is -2.15. The van der Waals surface area contributed by atoms with Crippen LogP contribution in [-0.2, 0) is 9.59 Å². The molecule has 2 heterocycles. The summed E-state index contributed by atoms with van der Waals surface area (Å²) in [6.07, 6.45) is 3.00.